The van der Waals surface area contributed by atoms with Crippen molar-refractivity contribution in [3.05, 3.63) is 0 Å². The van der Waals surface area contributed by atoms with Gasteiger partial charge in [-0.1, -0.05) is 6.92 Å². The molecule has 2 N–H and O–H groups in total. The summed E-state index contributed by atoms with van der Waals surface area (Å²) >= 11 is 0. The van der Waals surface area contributed by atoms with E-state index in [-0.39, 0.29) is 12.1 Å². The topological polar surface area (TPSA) is 61.4 Å². The molecular formula is C10H21N3O2S. The molecule has 0 radical (unpaired) electrons. The summed E-state index contributed by atoms with van der Waals surface area (Å²) in [6.45, 7) is 6.24. The van der Waals surface area contributed by atoms with E-state index in [0.29, 0.717) is 12.5 Å². The third kappa shape index (κ3) is 2.11. The Morgan fingerprint density at radius 1 is 1.44 bits per heavy atom. The molecule has 0 aromatic heterocycles. The van der Waals surface area contributed by atoms with Crippen molar-refractivity contribution in [3.8, 4) is 0 Å². The van der Waals surface area contributed by atoms with Gasteiger partial charge in [0, 0.05) is 25.2 Å². The summed E-state index contributed by atoms with van der Waals surface area (Å²) in [5.74, 6) is 0.494. The summed E-state index contributed by atoms with van der Waals surface area (Å²) in [4.78, 5) is 0. The number of nitrogens with one attached hydrogen (secondary N) is 2. The van der Waals surface area contributed by atoms with Crippen LogP contribution in [0.2, 0.25) is 0 Å². The molecule has 2 fully saturated rings. The summed E-state index contributed by atoms with van der Waals surface area (Å²) in [6.07, 6.45) is 1.80. The average Bonchev–Trinajstić information content (AvgIpc) is 2.73. The summed E-state index contributed by atoms with van der Waals surface area (Å²) in [6, 6.07) is 0.288. The van der Waals surface area contributed by atoms with E-state index in [9.17, 15) is 8.42 Å². The van der Waals surface area contributed by atoms with Gasteiger partial charge in [-0.2, -0.15) is 12.7 Å². The van der Waals surface area contributed by atoms with Crippen molar-refractivity contribution >= 4 is 10.2 Å². The van der Waals surface area contributed by atoms with Crippen LogP contribution in [0.25, 0.3) is 0 Å². The molecule has 0 bridgehead atoms. The molecule has 2 heterocycles. The van der Waals surface area contributed by atoms with Crippen molar-refractivity contribution in [1.82, 2.24) is 14.3 Å². The lowest BCUT2D eigenvalue weighted by molar-refractivity contribution is 0.330. The normalized spacial score (nSPS) is 35.5. The maximum Gasteiger partial charge on any atom is 0.279 e. The maximum atomic E-state index is 12.1. The first-order valence-corrected chi connectivity index (χ1v) is 7.49. The lowest BCUT2D eigenvalue weighted by atomic mass is 10.0. The van der Waals surface area contributed by atoms with Gasteiger partial charge in [0.25, 0.3) is 10.2 Å². The Bertz CT molecular complexity index is 344. The van der Waals surface area contributed by atoms with Gasteiger partial charge in [0.1, 0.15) is 0 Å². The fourth-order valence-corrected chi connectivity index (χ4v) is 4.62. The van der Waals surface area contributed by atoms with Crippen molar-refractivity contribution in [2.45, 2.75) is 38.8 Å². The number of hydrogen-bond acceptors (Lipinski definition) is 3. The summed E-state index contributed by atoms with van der Waals surface area (Å²) < 4.78 is 28.6. The molecule has 6 heteroatoms. The Hall–Kier alpha value is -0.170. The molecule has 5 nitrogen and oxygen atoms in total. The van der Waals surface area contributed by atoms with Crippen LogP contribution in [0.3, 0.4) is 0 Å². The Balaban J connectivity index is 2.12. The van der Waals surface area contributed by atoms with E-state index in [4.69, 9.17) is 0 Å². The molecule has 94 valence electrons. The molecule has 3 unspecified atom stereocenters. The van der Waals surface area contributed by atoms with E-state index in [1.165, 1.54) is 0 Å². The highest BCUT2D eigenvalue weighted by Gasteiger charge is 2.47. The molecule has 16 heavy (non-hydrogen) atoms. The molecule has 2 aliphatic rings. The lowest BCUT2D eigenvalue weighted by Gasteiger charge is -2.26. The first-order valence-electron chi connectivity index (χ1n) is 6.05. The first kappa shape index (κ1) is 12.3. The second kappa shape index (κ2) is 4.60. The van der Waals surface area contributed by atoms with E-state index in [1.807, 2.05) is 13.8 Å². The highest BCUT2D eigenvalue weighted by atomic mass is 32.2. The number of hydrogen-bond donors (Lipinski definition) is 2. The van der Waals surface area contributed by atoms with Gasteiger partial charge in [0.2, 0.25) is 0 Å². The summed E-state index contributed by atoms with van der Waals surface area (Å²) in [5.41, 5.74) is 0. The van der Waals surface area contributed by atoms with Crippen LogP contribution in [-0.2, 0) is 10.2 Å². The van der Waals surface area contributed by atoms with Crippen LogP contribution in [0.5, 0.6) is 0 Å². The van der Waals surface area contributed by atoms with Gasteiger partial charge in [-0.3, -0.25) is 0 Å². The van der Waals surface area contributed by atoms with Crippen LogP contribution in [0.1, 0.15) is 26.7 Å². The predicted octanol–water partition coefficient (Wildman–Crippen LogP) is -0.0870. The van der Waals surface area contributed by atoms with Crippen molar-refractivity contribution in [3.63, 3.8) is 0 Å². The Labute approximate surface area is 97.8 Å². The van der Waals surface area contributed by atoms with E-state index in [2.05, 4.69) is 10.0 Å². The van der Waals surface area contributed by atoms with Crippen molar-refractivity contribution in [2.75, 3.05) is 19.6 Å². The lowest BCUT2D eigenvalue weighted by Crippen LogP contribution is -2.48. The van der Waals surface area contributed by atoms with E-state index >= 15 is 0 Å². The molecule has 0 aliphatic carbocycles. The minimum Gasteiger partial charge on any atom is -0.315 e. The fourth-order valence-electron chi connectivity index (χ4n) is 2.85. The molecule has 0 amide bonds. The van der Waals surface area contributed by atoms with Gasteiger partial charge in [0.05, 0.1) is 0 Å². The second-order valence-corrected chi connectivity index (χ2v) is 6.46. The van der Waals surface area contributed by atoms with Crippen LogP contribution in [-0.4, -0.2) is 44.4 Å². The fraction of sp³-hybridized carbons (Fsp3) is 1.00. The zero-order valence-corrected chi connectivity index (χ0v) is 10.8. The van der Waals surface area contributed by atoms with E-state index in [1.54, 1.807) is 4.31 Å². The van der Waals surface area contributed by atoms with Crippen LogP contribution in [0.4, 0.5) is 0 Å². The predicted molar refractivity (Wildman–Crippen MR) is 63.3 cm³/mol. The van der Waals surface area contributed by atoms with Crippen LogP contribution < -0.4 is 10.0 Å². The zero-order chi connectivity index (χ0) is 11.8. The van der Waals surface area contributed by atoms with Gasteiger partial charge in [0.15, 0.2) is 0 Å². The Kier molecular flexibility index (Phi) is 3.53. The van der Waals surface area contributed by atoms with Gasteiger partial charge in [-0.05, 0) is 32.2 Å². The quantitative estimate of drug-likeness (QED) is 0.730. The van der Waals surface area contributed by atoms with Gasteiger partial charge >= 0.3 is 0 Å². The third-order valence-corrected chi connectivity index (χ3v) is 5.28. The molecule has 0 aromatic carbocycles. The highest BCUT2D eigenvalue weighted by Crippen LogP contribution is 2.33. The second-order valence-electron chi connectivity index (χ2n) is 4.80. The number of rotatable bonds is 4. The molecular weight excluding hydrogens is 226 g/mol. The SMILES string of the molecule is CCCNS(=O)(=O)N1C(C)CC2CNCC21. The molecule has 0 spiro atoms. The van der Waals surface area contributed by atoms with Gasteiger partial charge < -0.3 is 5.32 Å². The van der Waals surface area contributed by atoms with Crippen molar-refractivity contribution in [1.29, 1.82) is 0 Å². The zero-order valence-electron chi connectivity index (χ0n) is 9.94. The monoisotopic (exact) mass is 247 g/mol. The molecule has 3 atom stereocenters. The average molecular weight is 247 g/mol. The van der Waals surface area contributed by atoms with E-state index < -0.39 is 10.2 Å². The number of nitrogens with zero attached hydrogens (tertiary/aromatic N) is 1. The number of fused-ring (bicyclic) bond motifs is 1. The Morgan fingerprint density at radius 2 is 2.19 bits per heavy atom. The minimum atomic E-state index is -3.28. The smallest absolute Gasteiger partial charge is 0.279 e. The Morgan fingerprint density at radius 3 is 2.88 bits per heavy atom. The standard InChI is InChI=1S/C10H21N3O2S/c1-3-4-12-16(14,15)13-8(2)5-9-6-11-7-10(9)13/h8-12H,3-7H2,1-2H3. The van der Waals surface area contributed by atoms with E-state index in [0.717, 1.165) is 25.9 Å². The summed E-state index contributed by atoms with van der Waals surface area (Å²) in [5, 5.41) is 3.27. The van der Waals surface area contributed by atoms with Crippen LogP contribution in [0.15, 0.2) is 0 Å². The minimum absolute atomic E-state index is 0.131. The van der Waals surface area contributed by atoms with Crippen LogP contribution in [0, 0.1) is 5.92 Å². The maximum absolute atomic E-state index is 12.1. The molecule has 2 rings (SSSR count). The van der Waals surface area contributed by atoms with Crippen molar-refractivity contribution in [2.24, 2.45) is 5.92 Å². The van der Waals surface area contributed by atoms with Crippen molar-refractivity contribution < 1.29 is 8.42 Å². The highest BCUT2D eigenvalue weighted by molar-refractivity contribution is 7.87. The first-order chi connectivity index (χ1) is 7.56. The molecule has 2 aliphatic heterocycles. The molecule has 2 saturated heterocycles. The third-order valence-electron chi connectivity index (χ3n) is 3.52. The van der Waals surface area contributed by atoms with Gasteiger partial charge in [-0.15, -0.1) is 0 Å². The van der Waals surface area contributed by atoms with Gasteiger partial charge in [-0.25, -0.2) is 4.72 Å². The largest absolute Gasteiger partial charge is 0.315 e. The molecule has 0 aromatic rings. The summed E-state index contributed by atoms with van der Waals surface area (Å²) in [7, 11) is -3.28. The molecule has 0 saturated carbocycles. The van der Waals surface area contributed by atoms with Crippen LogP contribution >= 0.6 is 0 Å².